The van der Waals surface area contributed by atoms with Crippen molar-refractivity contribution in [2.45, 2.75) is 24.3 Å². The average molecular weight is 394 g/mol. The topological polar surface area (TPSA) is 32.3 Å². The van der Waals surface area contributed by atoms with E-state index >= 15 is 0 Å². The van der Waals surface area contributed by atoms with Crippen molar-refractivity contribution >= 4 is 11.6 Å². The Morgan fingerprint density at radius 1 is 0.862 bits per heavy atom. The van der Waals surface area contributed by atoms with Gasteiger partial charge in [0.15, 0.2) is 5.54 Å². The molecule has 2 unspecified atom stereocenters. The lowest BCUT2D eigenvalue weighted by Gasteiger charge is -2.27. The van der Waals surface area contributed by atoms with Crippen LogP contribution in [0.3, 0.4) is 0 Å². The lowest BCUT2D eigenvalue weighted by molar-refractivity contribution is -0.159. The molecule has 3 aromatic rings. The van der Waals surface area contributed by atoms with Gasteiger partial charge in [-0.1, -0.05) is 72.8 Å². The second kappa shape index (κ2) is 6.19. The number of nitrogens with one attached hydrogen (secondary N) is 1. The predicted octanol–water partition coefficient (Wildman–Crippen LogP) is 4.68. The van der Waals surface area contributed by atoms with Gasteiger partial charge in [-0.15, -0.1) is 0 Å². The number of carbonyl (C=O) groups excluding carboxylic acids is 1. The van der Waals surface area contributed by atoms with Crippen LogP contribution in [0.15, 0.2) is 78.9 Å². The van der Waals surface area contributed by atoms with E-state index in [0.29, 0.717) is 23.4 Å². The highest BCUT2D eigenvalue weighted by Gasteiger charge is 2.61. The lowest BCUT2D eigenvalue weighted by Crippen LogP contribution is -2.50. The molecule has 0 aromatic heterocycles. The number of fused-ring (bicyclic) bond motifs is 4. The zero-order valence-electron chi connectivity index (χ0n) is 15.3. The minimum atomic E-state index is -4.51. The number of anilines is 1. The maximum Gasteiger partial charge on any atom is 0.407 e. The van der Waals surface area contributed by atoms with Crippen molar-refractivity contribution in [2.75, 3.05) is 4.90 Å². The van der Waals surface area contributed by atoms with Gasteiger partial charge in [-0.05, 0) is 22.8 Å². The summed E-state index contributed by atoms with van der Waals surface area (Å²) in [5.41, 5.74) is 1.03. The fraction of sp³-hybridized carbons (Fsp3) is 0.174. The van der Waals surface area contributed by atoms with Gasteiger partial charge in [0.25, 0.3) is 5.91 Å². The molecule has 146 valence electrons. The van der Waals surface area contributed by atoms with Gasteiger partial charge in [-0.3, -0.25) is 10.1 Å². The molecule has 0 saturated carbocycles. The molecule has 29 heavy (non-hydrogen) atoms. The van der Waals surface area contributed by atoms with Crippen LogP contribution in [-0.4, -0.2) is 12.1 Å². The third-order valence-electron chi connectivity index (χ3n) is 5.71. The van der Waals surface area contributed by atoms with Gasteiger partial charge in [0, 0.05) is 5.56 Å². The highest BCUT2D eigenvalue weighted by atomic mass is 19.4. The summed E-state index contributed by atoms with van der Waals surface area (Å²) in [4.78, 5) is 15.3. The van der Waals surface area contributed by atoms with Crippen molar-refractivity contribution in [3.05, 3.63) is 101 Å². The number of benzene rings is 3. The molecular formula is C23H17F3N2O. The molecular weight excluding hydrogens is 377 g/mol. The first-order chi connectivity index (χ1) is 13.9. The van der Waals surface area contributed by atoms with Crippen molar-refractivity contribution in [2.24, 2.45) is 0 Å². The van der Waals surface area contributed by atoms with Crippen molar-refractivity contribution < 1.29 is 18.0 Å². The van der Waals surface area contributed by atoms with Crippen molar-refractivity contribution in [3.63, 3.8) is 0 Å². The van der Waals surface area contributed by atoms with E-state index in [4.69, 9.17) is 0 Å². The molecule has 2 aliphatic rings. The Labute approximate surface area is 165 Å². The van der Waals surface area contributed by atoms with Crippen LogP contribution in [0, 0.1) is 0 Å². The Bertz CT molecular complexity index is 1100. The largest absolute Gasteiger partial charge is 0.407 e. The Balaban J connectivity index is 1.69. The number of hydrogen-bond acceptors (Lipinski definition) is 2. The van der Waals surface area contributed by atoms with Crippen LogP contribution in [0.2, 0.25) is 0 Å². The minimum Gasteiger partial charge on any atom is -0.305 e. The minimum absolute atomic E-state index is 0.102. The molecule has 5 rings (SSSR count). The van der Waals surface area contributed by atoms with E-state index in [-0.39, 0.29) is 11.5 Å². The molecule has 2 atom stereocenters. The van der Waals surface area contributed by atoms with Crippen LogP contribution < -0.4 is 10.2 Å². The molecule has 0 fully saturated rings. The summed E-state index contributed by atoms with van der Waals surface area (Å²) in [6.45, 7) is 0.291. The number of alkyl halides is 3. The smallest absolute Gasteiger partial charge is 0.305 e. The molecule has 2 heterocycles. The van der Waals surface area contributed by atoms with E-state index < -0.39 is 17.8 Å². The average Bonchev–Trinajstić information content (AvgIpc) is 3.19. The summed E-state index contributed by atoms with van der Waals surface area (Å²) >= 11 is 0. The highest BCUT2D eigenvalue weighted by Crippen LogP contribution is 2.54. The number of rotatable bonds is 2. The molecule has 3 aromatic carbocycles. The summed E-state index contributed by atoms with van der Waals surface area (Å²) in [6.07, 6.45) is -4.51. The van der Waals surface area contributed by atoms with Gasteiger partial charge in [-0.25, -0.2) is 0 Å². The number of carbonyl (C=O) groups is 1. The first-order valence-corrected chi connectivity index (χ1v) is 9.32. The second-order valence-electron chi connectivity index (χ2n) is 7.35. The van der Waals surface area contributed by atoms with E-state index in [9.17, 15) is 18.0 Å². The lowest BCUT2D eigenvalue weighted by atomic mass is 9.84. The second-order valence-corrected chi connectivity index (χ2v) is 7.35. The molecule has 0 aliphatic carbocycles. The number of amides is 1. The molecule has 0 bridgehead atoms. The zero-order chi connectivity index (χ0) is 20.2. The fourth-order valence-corrected chi connectivity index (χ4v) is 4.50. The normalized spacial score (nSPS) is 22.8. The quantitative estimate of drug-likeness (QED) is 0.684. The van der Waals surface area contributed by atoms with Gasteiger partial charge in [0.2, 0.25) is 0 Å². The van der Waals surface area contributed by atoms with Crippen molar-refractivity contribution in [1.82, 2.24) is 5.32 Å². The highest BCUT2D eigenvalue weighted by molar-refractivity contribution is 6.10. The predicted molar refractivity (Wildman–Crippen MR) is 103 cm³/mol. The molecule has 1 spiro atoms. The molecule has 0 radical (unpaired) electrons. The molecule has 0 saturated heterocycles. The summed E-state index contributed by atoms with van der Waals surface area (Å²) in [6, 6.07) is 20.9. The summed E-state index contributed by atoms with van der Waals surface area (Å²) in [5, 5.41) is 2.68. The first-order valence-electron chi connectivity index (χ1n) is 9.32. The van der Waals surface area contributed by atoms with E-state index in [0.717, 1.165) is 5.56 Å². The summed E-state index contributed by atoms with van der Waals surface area (Å²) < 4.78 is 41.5. The van der Waals surface area contributed by atoms with Crippen LogP contribution in [-0.2, 0) is 16.9 Å². The van der Waals surface area contributed by atoms with Gasteiger partial charge in [0.05, 0.1) is 12.2 Å². The Kier molecular flexibility index (Phi) is 3.83. The first kappa shape index (κ1) is 17.9. The number of nitrogens with zero attached hydrogens (tertiary/aromatic N) is 1. The number of halogens is 3. The van der Waals surface area contributed by atoms with Crippen molar-refractivity contribution in [1.29, 1.82) is 0 Å². The van der Waals surface area contributed by atoms with Gasteiger partial charge in [0.1, 0.15) is 6.04 Å². The van der Waals surface area contributed by atoms with Crippen molar-refractivity contribution in [3.8, 4) is 0 Å². The van der Waals surface area contributed by atoms with Gasteiger partial charge >= 0.3 is 6.18 Å². The zero-order valence-corrected chi connectivity index (χ0v) is 15.3. The third-order valence-corrected chi connectivity index (χ3v) is 5.71. The summed E-state index contributed by atoms with van der Waals surface area (Å²) in [7, 11) is 0. The van der Waals surface area contributed by atoms with Gasteiger partial charge < -0.3 is 4.90 Å². The summed E-state index contributed by atoms with van der Waals surface area (Å²) in [5.74, 6) is -0.387. The molecule has 6 heteroatoms. The maximum atomic E-state index is 13.8. The Morgan fingerprint density at radius 3 is 2.21 bits per heavy atom. The van der Waals surface area contributed by atoms with E-state index in [2.05, 4.69) is 5.32 Å². The van der Waals surface area contributed by atoms with Crippen LogP contribution >= 0.6 is 0 Å². The number of hydrogen-bond donors (Lipinski definition) is 1. The molecule has 1 N–H and O–H groups in total. The molecule has 2 aliphatic heterocycles. The van der Waals surface area contributed by atoms with Crippen LogP contribution in [0.4, 0.5) is 18.9 Å². The monoisotopic (exact) mass is 394 g/mol. The Morgan fingerprint density at radius 2 is 1.48 bits per heavy atom. The van der Waals surface area contributed by atoms with Gasteiger partial charge in [-0.2, -0.15) is 13.2 Å². The maximum absolute atomic E-state index is 13.8. The number of para-hydroxylation sites is 1. The molecule has 1 amide bonds. The van der Waals surface area contributed by atoms with Crippen LogP contribution in [0.1, 0.15) is 28.3 Å². The van der Waals surface area contributed by atoms with Crippen LogP contribution in [0.5, 0.6) is 0 Å². The van der Waals surface area contributed by atoms with E-state index in [1.54, 1.807) is 47.4 Å². The standard InChI is InChI=1S/C23H17F3N2O/c24-23(25,26)20-16-10-4-5-11-17(16)22(27-20)18-12-6-7-13-19(18)28(21(22)29)14-15-8-2-1-3-9-15/h1-13,20,27H,14H2. The Hall–Kier alpha value is -3.12. The third kappa shape index (κ3) is 2.52. The van der Waals surface area contributed by atoms with Crippen LogP contribution in [0.25, 0.3) is 0 Å². The van der Waals surface area contributed by atoms with E-state index in [1.165, 1.54) is 6.07 Å². The SMILES string of the molecule is O=C1N(Cc2ccccc2)c2ccccc2C12NC(C(F)(F)F)c1ccccc12. The fourth-order valence-electron chi connectivity index (χ4n) is 4.50. The molecule has 3 nitrogen and oxygen atoms in total. The van der Waals surface area contributed by atoms with E-state index in [1.807, 2.05) is 30.3 Å².